The topological polar surface area (TPSA) is 176 Å². The molecule has 0 saturated carbocycles. The highest BCUT2D eigenvalue weighted by molar-refractivity contribution is 6.77. The van der Waals surface area contributed by atoms with Crippen molar-refractivity contribution in [3.63, 3.8) is 0 Å². The monoisotopic (exact) mass is 594 g/mol. The molecular weight excluding hydrogens is 560 g/mol. The largest absolute Gasteiger partial charge is 0.465 e. The molecule has 41 heavy (non-hydrogen) atoms. The molecule has 224 valence electrons. The van der Waals surface area contributed by atoms with Gasteiger partial charge in [-0.3, -0.25) is 29.8 Å². The predicted molar refractivity (Wildman–Crippen MR) is 148 cm³/mol. The maximum Gasteiger partial charge on any atom is 0.302 e. The highest BCUT2D eigenvalue weighted by Gasteiger charge is 2.38. The Bertz CT molecular complexity index is 1320. The van der Waals surface area contributed by atoms with Gasteiger partial charge >= 0.3 is 11.9 Å². The van der Waals surface area contributed by atoms with Crippen LogP contribution in [0, 0.1) is 20.2 Å². The number of fused-ring (bicyclic) bond motifs is 2. The Kier molecular flexibility index (Phi) is 10.6. The first-order valence-corrected chi connectivity index (χ1v) is 15.7. The van der Waals surface area contributed by atoms with Crippen molar-refractivity contribution in [3.05, 3.63) is 55.6 Å². The molecule has 2 aromatic carbocycles. The quantitative estimate of drug-likeness (QED) is 0.164. The lowest BCUT2D eigenvalue weighted by Gasteiger charge is -2.28. The number of ether oxygens (including phenoxy) is 6. The van der Waals surface area contributed by atoms with Gasteiger partial charge in [0.05, 0.1) is 42.2 Å². The van der Waals surface area contributed by atoms with Gasteiger partial charge in [0.2, 0.25) is 13.6 Å². The third-order valence-corrected chi connectivity index (χ3v) is 7.86. The molecule has 0 saturated heterocycles. The van der Waals surface area contributed by atoms with Crippen molar-refractivity contribution < 1.29 is 47.9 Å². The fourth-order valence-electron chi connectivity index (χ4n) is 4.02. The molecule has 2 aromatic rings. The van der Waals surface area contributed by atoms with Crippen LogP contribution in [-0.2, 0) is 19.1 Å². The third-order valence-electron chi connectivity index (χ3n) is 5.86. The second-order valence-corrected chi connectivity index (χ2v) is 15.4. The minimum Gasteiger partial charge on any atom is -0.465 e. The van der Waals surface area contributed by atoms with Crippen LogP contribution in [0.1, 0.15) is 51.0 Å². The van der Waals surface area contributed by atoms with Gasteiger partial charge in [-0.1, -0.05) is 34.0 Å². The zero-order valence-corrected chi connectivity index (χ0v) is 23.9. The smallest absolute Gasteiger partial charge is 0.302 e. The maximum absolute atomic E-state index is 11.4. The summed E-state index contributed by atoms with van der Waals surface area (Å²) in [7, 11) is -2.04. The van der Waals surface area contributed by atoms with Crippen molar-refractivity contribution in [2.24, 2.45) is 0 Å². The van der Waals surface area contributed by atoms with Crippen LogP contribution in [0.4, 0.5) is 11.4 Å². The molecule has 0 spiro atoms. The van der Waals surface area contributed by atoms with Crippen molar-refractivity contribution in [3.8, 4) is 23.0 Å². The third kappa shape index (κ3) is 8.06. The molecule has 4 rings (SSSR count). The number of nitro groups is 2. The van der Waals surface area contributed by atoms with E-state index in [9.17, 15) is 29.8 Å². The molecule has 2 heterocycles. The molecule has 2 unspecified atom stereocenters. The van der Waals surface area contributed by atoms with Crippen molar-refractivity contribution in [2.75, 3.05) is 20.2 Å². The zero-order chi connectivity index (χ0) is 29.8. The van der Waals surface area contributed by atoms with E-state index in [4.69, 9.17) is 28.4 Å². The van der Waals surface area contributed by atoms with Crippen LogP contribution in [0.25, 0.3) is 0 Å². The number of benzene rings is 2. The Balaban J connectivity index is 0.000000281. The molecule has 0 aliphatic carbocycles. The SMILES string of the molecule is C.CC(=O)OC(c1cc2c(cc1[N+](=O)[O-])OCO2)[Si](C)(C)C.CC(=O)OCC(C)c1cc2c(cc1[N+](=O)[O-])OCO2. The van der Waals surface area contributed by atoms with E-state index >= 15 is 0 Å². The Morgan fingerprint density at radius 3 is 1.63 bits per heavy atom. The number of rotatable bonds is 8. The molecular formula is C26H34N2O12Si. The lowest BCUT2D eigenvalue weighted by atomic mass is 9.99. The molecule has 0 amide bonds. The number of carbonyl (C=O) groups is 2. The van der Waals surface area contributed by atoms with Crippen LogP contribution in [0.15, 0.2) is 24.3 Å². The van der Waals surface area contributed by atoms with Gasteiger partial charge in [-0.2, -0.15) is 0 Å². The number of nitrogens with zero attached hydrogens (tertiary/aromatic N) is 2. The summed E-state index contributed by atoms with van der Waals surface area (Å²) in [6.07, 6.45) is 0. The van der Waals surface area contributed by atoms with E-state index in [0.717, 1.165) is 0 Å². The molecule has 2 atom stereocenters. The average molecular weight is 595 g/mol. The first-order valence-electron chi connectivity index (χ1n) is 12.2. The van der Waals surface area contributed by atoms with Gasteiger partial charge < -0.3 is 28.4 Å². The first kappa shape index (κ1) is 32.8. The summed E-state index contributed by atoms with van der Waals surface area (Å²) in [4.78, 5) is 43.6. The number of nitro benzene ring substituents is 2. The molecule has 2 aliphatic heterocycles. The van der Waals surface area contributed by atoms with Crippen LogP contribution < -0.4 is 18.9 Å². The molecule has 2 aliphatic rings. The first-order chi connectivity index (χ1) is 18.7. The molecule has 14 nitrogen and oxygen atoms in total. The van der Waals surface area contributed by atoms with Gasteiger partial charge in [-0.15, -0.1) is 0 Å². The average Bonchev–Trinajstić information content (AvgIpc) is 3.52. The van der Waals surface area contributed by atoms with Crippen molar-refractivity contribution in [2.45, 2.75) is 59.5 Å². The number of carbonyl (C=O) groups excluding carboxylic acids is 2. The summed E-state index contributed by atoms with van der Waals surface area (Å²) in [6.45, 7) is 10.4. The second-order valence-electron chi connectivity index (χ2n) is 10.1. The summed E-state index contributed by atoms with van der Waals surface area (Å²) >= 11 is 0. The van der Waals surface area contributed by atoms with E-state index in [2.05, 4.69) is 0 Å². The van der Waals surface area contributed by atoms with E-state index in [1.165, 1.54) is 26.0 Å². The van der Waals surface area contributed by atoms with E-state index < -0.39 is 35.6 Å². The van der Waals surface area contributed by atoms with E-state index in [0.29, 0.717) is 34.1 Å². The van der Waals surface area contributed by atoms with Crippen molar-refractivity contribution >= 4 is 31.4 Å². The van der Waals surface area contributed by atoms with E-state index in [-0.39, 0.29) is 44.9 Å². The fraction of sp³-hybridized carbons (Fsp3) is 0.462. The van der Waals surface area contributed by atoms with Crippen molar-refractivity contribution in [1.82, 2.24) is 0 Å². The van der Waals surface area contributed by atoms with Gasteiger partial charge in [0.1, 0.15) is 5.73 Å². The van der Waals surface area contributed by atoms with Crippen LogP contribution >= 0.6 is 0 Å². The number of hydrogen-bond acceptors (Lipinski definition) is 12. The fourth-order valence-corrected chi connectivity index (χ4v) is 5.70. The standard InChI is InChI=1S/C13H17NO6Si.C12H13NO6.CH4/c1-8(15)20-13(21(2,3)4)9-5-11-12(19-7-18-11)6-10(9)14(16)17;1-7(5-17-8(2)14)9-3-11-12(19-6-18-11)4-10(9)13(15)16;/h5-6,13H,7H2,1-4H3;3-4,7H,5-6H2,1-2H3;1H4. The lowest BCUT2D eigenvalue weighted by Crippen LogP contribution is -2.34. The van der Waals surface area contributed by atoms with Gasteiger partial charge in [0.15, 0.2) is 23.0 Å². The van der Waals surface area contributed by atoms with Crippen molar-refractivity contribution in [1.29, 1.82) is 0 Å². The highest BCUT2D eigenvalue weighted by atomic mass is 28.3. The van der Waals surface area contributed by atoms with E-state index in [1.54, 1.807) is 19.1 Å². The summed E-state index contributed by atoms with van der Waals surface area (Å²) in [5.74, 6) is 0.405. The summed E-state index contributed by atoms with van der Waals surface area (Å²) in [5.41, 5.74) is 0.0100. The Hall–Kier alpha value is -4.40. The Morgan fingerprint density at radius 2 is 1.24 bits per heavy atom. The highest BCUT2D eigenvalue weighted by Crippen LogP contribution is 2.43. The van der Waals surface area contributed by atoms with E-state index in [1.807, 2.05) is 19.6 Å². The molecule has 0 aromatic heterocycles. The second kappa shape index (κ2) is 13.3. The molecule has 0 fully saturated rings. The summed E-state index contributed by atoms with van der Waals surface area (Å²) < 4.78 is 31.0. The summed E-state index contributed by atoms with van der Waals surface area (Å²) in [5, 5.41) is 22.4. The number of hydrogen-bond donors (Lipinski definition) is 0. The van der Waals surface area contributed by atoms with Gasteiger partial charge in [-0.25, -0.2) is 0 Å². The molecule has 15 heteroatoms. The Morgan fingerprint density at radius 1 is 0.829 bits per heavy atom. The van der Waals surface area contributed by atoms with Crippen LogP contribution in [0.3, 0.4) is 0 Å². The predicted octanol–water partition coefficient (Wildman–Crippen LogP) is 5.43. The molecule has 0 N–H and O–H groups in total. The van der Waals surface area contributed by atoms with Crippen LogP contribution in [0.2, 0.25) is 19.6 Å². The molecule has 0 bridgehead atoms. The van der Waals surface area contributed by atoms with Gasteiger partial charge in [-0.05, 0) is 12.1 Å². The number of esters is 2. The molecule has 0 radical (unpaired) electrons. The normalized spacial score (nSPS) is 14.0. The minimum atomic E-state index is -2.04. The minimum absolute atomic E-state index is 0. The van der Waals surface area contributed by atoms with Crippen LogP contribution in [-0.4, -0.2) is 50.1 Å². The Labute approximate surface area is 237 Å². The van der Waals surface area contributed by atoms with Gasteiger partial charge in [0, 0.05) is 25.3 Å². The van der Waals surface area contributed by atoms with Gasteiger partial charge in [0.25, 0.3) is 11.4 Å². The lowest BCUT2D eigenvalue weighted by molar-refractivity contribution is -0.386. The maximum atomic E-state index is 11.4. The summed E-state index contributed by atoms with van der Waals surface area (Å²) in [6, 6.07) is 5.77. The van der Waals surface area contributed by atoms with Crippen LogP contribution in [0.5, 0.6) is 23.0 Å². The zero-order valence-electron chi connectivity index (χ0n) is 22.9.